The minimum atomic E-state index is 0.295. The molecule has 1 aliphatic carbocycles. The molecule has 0 radical (unpaired) electrons. The van der Waals surface area contributed by atoms with E-state index in [0.29, 0.717) is 11.5 Å². The van der Waals surface area contributed by atoms with Crippen molar-refractivity contribution in [2.75, 3.05) is 11.4 Å². The molecule has 4 heteroatoms. The predicted molar refractivity (Wildman–Crippen MR) is 197 cm³/mol. The van der Waals surface area contributed by atoms with E-state index in [1.807, 2.05) is 18.2 Å². The molecule has 226 valence electrons. The van der Waals surface area contributed by atoms with E-state index in [9.17, 15) is 5.26 Å². The summed E-state index contributed by atoms with van der Waals surface area (Å²) in [7, 11) is 0. The number of nitrogens with zero attached hydrogens (tertiary/aromatic N) is 3. The number of allylic oxidation sites excluding steroid dienone is 3. The molecule has 1 atom stereocenters. The van der Waals surface area contributed by atoms with Crippen LogP contribution in [0.25, 0.3) is 60.6 Å². The molecule has 0 saturated heterocycles. The number of rotatable bonds is 3. The van der Waals surface area contributed by atoms with E-state index in [1.165, 1.54) is 33.6 Å². The Hall–Kier alpha value is -6.31. The lowest BCUT2D eigenvalue weighted by Crippen LogP contribution is -2.32. The predicted octanol–water partition coefficient (Wildman–Crippen LogP) is 11.2. The Balaban J connectivity index is 1.17. The number of nitriles is 1. The Morgan fingerprint density at radius 2 is 1.42 bits per heavy atom. The number of aromatic nitrogens is 1. The molecule has 0 fully saturated rings. The molecule has 1 aliphatic heterocycles. The SMILES string of the molecule is N#Cc1ccc2c(c1)c1ccccc1n2-c1ccc2c(c1)C1=CC=C(c3cccc4c3oc3ccccc34)CC1CN2c1ccccc1. The van der Waals surface area contributed by atoms with Crippen LogP contribution < -0.4 is 4.90 Å². The number of para-hydroxylation sites is 4. The fourth-order valence-electron chi connectivity index (χ4n) is 8.06. The van der Waals surface area contributed by atoms with Crippen molar-refractivity contribution in [1.82, 2.24) is 4.57 Å². The molecule has 2 aromatic heterocycles. The fourth-order valence-corrected chi connectivity index (χ4v) is 8.06. The average Bonchev–Trinajstić information content (AvgIpc) is 3.70. The third-order valence-corrected chi connectivity index (χ3v) is 10.2. The molecule has 10 rings (SSSR count). The highest BCUT2D eigenvalue weighted by molar-refractivity contribution is 6.10. The monoisotopic (exact) mass is 615 g/mol. The Morgan fingerprint density at radius 1 is 0.625 bits per heavy atom. The molecule has 1 unspecified atom stereocenters. The van der Waals surface area contributed by atoms with Gasteiger partial charge in [-0.15, -0.1) is 0 Å². The van der Waals surface area contributed by atoms with Crippen molar-refractivity contribution < 1.29 is 4.42 Å². The van der Waals surface area contributed by atoms with Crippen LogP contribution in [0.2, 0.25) is 0 Å². The van der Waals surface area contributed by atoms with Gasteiger partial charge in [0.1, 0.15) is 11.2 Å². The van der Waals surface area contributed by atoms with E-state index < -0.39 is 0 Å². The number of fused-ring (bicyclic) bond motifs is 9. The van der Waals surface area contributed by atoms with Gasteiger partial charge >= 0.3 is 0 Å². The molecule has 0 saturated carbocycles. The minimum absolute atomic E-state index is 0.295. The van der Waals surface area contributed by atoms with Crippen LogP contribution in [-0.4, -0.2) is 11.1 Å². The van der Waals surface area contributed by atoms with Crippen LogP contribution >= 0.6 is 0 Å². The maximum atomic E-state index is 9.65. The highest BCUT2D eigenvalue weighted by Crippen LogP contribution is 2.48. The van der Waals surface area contributed by atoms with Crippen molar-refractivity contribution in [2.24, 2.45) is 5.92 Å². The van der Waals surface area contributed by atoms with Gasteiger partial charge in [0.05, 0.1) is 22.7 Å². The smallest absolute Gasteiger partial charge is 0.142 e. The summed E-state index contributed by atoms with van der Waals surface area (Å²) in [4.78, 5) is 2.48. The molecule has 8 aromatic rings. The van der Waals surface area contributed by atoms with E-state index in [2.05, 4.69) is 143 Å². The van der Waals surface area contributed by atoms with Crippen molar-refractivity contribution >= 4 is 66.3 Å². The molecule has 6 aromatic carbocycles. The molecule has 0 spiro atoms. The van der Waals surface area contributed by atoms with Gasteiger partial charge in [0.15, 0.2) is 0 Å². The third-order valence-electron chi connectivity index (χ3n) is 10.2. The van der Waals surface area contributed by atoms with E-state index in [-0.39, 0.29) is 0 Å². The molecule has 0 N–H and O–H groups in total. The van der Waals surface area contributed by atoms with Gasteiger partial charge in [-0.2, -0.15) is 5.26 Å². The van der Waals surface area contributed by atoms with Gasteiger partial charge in [0.25, 0.3) is 0 Å². The van der Waals surface area contributed by atoms with Gasteiger partial charge in [-0.1, -0.05) is 84.9 Å². The maximum Gasteiger partial charge on any atom is 0.142 e. The summed E-state index contributed by atoms with van der Waals surface area (Å²) in [6.45, 7) is 0.891. The topological polar surface area (TPSA) is 45.1 Å². The highest BCUT2D eigenvalue weighted by atomic mass is 16.3. The van der Waals surface area contributed by atoms with Gasteiger partial charge < -0.3 is 13.9 Å². The lowest BCUT2D eigenvalue weighted by atomic mass is 9.77. The second-order valence-corrected chi connectivity index (χ2v) is 12.8. The standard InChI is InChI=1S/C44H29N3O/c45-26-28-17-21-42-38(23-28)35-11-4-6-15-41(35)47(42)32-19-22-40-39(25-32)33-20-18-29(24-30(33)27-46(40)31-9-2-1-3-10-31)34-13-8-14-37-36-12-5-7-16-43(36)48-44(34)37/h1-23,25,30H,24,27H2. The lowest BCUT2D eigenvalue weighted by Gasteiger charge is -2.40. The van der Waals surface area contributed by atoms with Gasteiger partial charge in [0.2, 0.25) is 0 Å². The molecule has 0 amide bonds. The minimum Gasteiger partial charge on any atom is -0.455 e. The summed E-state index contributed by atoms with van der Waals surface area (Å²) < 4.78 is 8.81. The van der Waals surface area contributed by atoms with E-state index in [4.69, 9.17) is 4.42 Å². The second-order valence-electron chi connectivity index (χ2n) is 12.8. The summed E-state index contributed by atoms with van der Waals surface area (Å²) in [6, 6.07) is 49.3. The number of furan rings is 1. The molecular weight excluding hydrogens is 587 g/mol. The first-order valence-electron chi connectivity index (χ1n) is 16.5. The third kappa shape index (κ3) is 3.95. The number of anilines is 2. The molecule has 4 nitrogen and oxygen atoms in total. The largest absolute Gasteiger partial charge is 0.455 e. The van der Waals surface area contributed by atoms with Crippen molar-refractivity contribution in [3.63, 3.8) is 0 Å². The number of hydrogen-bond donors (Lipinski definition) is 0. The first kappa shape index (κ1) is 26.9. The quantitative estimate of drug-likeness (QED) is 0.199. The molecule has 0 bridgehead atoms. The number of benzene rings is 6. The average molecular weight is 616 g/mol. The summed E-state index contributed by atoms with van der Waals surface area (Å²) in [5.41, 5.74) is 13.4. The fraction of sp³-hybridized carbons (Fsp3) is 0.0682. The van der Waals surface area contributed by atoms with Crippen LogP contribution in [0, 0.1) is 17.2 Å². The van der Waals surface area contributed by atoms with Gasteiger partial charge in [-0.05, 0) is 78.2 Å². The second kappa shape index (κ2) is 10.4. The normalized spacial score (nSPS) is 15.7. The lowest BCUT2D eigenvalue weighted by molar-refractivity contribution is 0.658. The Kier molecular flexibility index (Phi) is 5.79. The van der Waals surface area contributed by atoms with Crippen LogP contribution in [0.3, 0.4) is 0 Å². The summed E-state index contributed by atoms with van der Waals surface area (Å²) in [5.74, 6) is 0.295. The first-order valence-corrected chi connectivity index (χ1v) is 16.5. The molecule has 3 heterocycles. The van der Waals surface area contributed by atoms with Gasteiger partial charge in [-0.25, -0.2) is 0 Å². The van der Waals surface area contributed by atoms with Crippen molar-refractivity contribution in [3.8, 4) is 11.8 Å². The maximum absolute atomic E-state index is 9.65. The van der Waals surface area contributed by atoms with E-state index in [0.717, 1.165) is 62.4 Å². The first-order chi connectivity index (χ1) is 23.7. The Bertz CT molecular complexity index is 2700. The zero-order valence-electron chi connectivity index (χ0n) is 26.1. The highest BCUT2D eigenvalue weighted by Gasteiger charge is 2.33. The van der Waals surface area contributed by atoms with Crippen molar-refractivity contribution in [1.29, 1.82) is 5.26 Å². The summed E-state index contributed by atoms with van der Waals surface area (Å²) in [5, 5.41) is 14.2. The Morgan fingerprint density at radius 3 is 2.31 bits per heavy atom. The van der Waals surface area contributed by atoms with Crippen molar-refractivity contribution in [2.45, 2.75) is 6.42 Å². The summed E-state index contributed by atoms with van der Waals surface area (Å²) >= 11 is 0. The van der Waals surface area contributed by atoms with E-state index in [1.54, 1.807) is 0 Å². The van der Waals surface area contributed by atoms with E-state index >= 15 is 0 Å². The van der Waals surface area contributed by atoms with Crippen molar-refractivity contribution in [3.05, 3.63) is 162 Å². The summed E-state index contributed by atoms with van der Waals surface area (Å²) in [6.07, 6.45) is 5.58. The number of hydrogen-bond acceptors (Lipinski definition) is 3. The van der Waals surface area contributed by atoms with Crippen LogP contribution in [0.15, 0.2) is 150 Å². The zero-order valence-corrected chi connectivity index (χ0v) is 26.1. The van der Waals surface area contributed by atoms with Crippen LogP contribution in [0.5, 0.6) is 0 Å². The molecule has 2 aliphatic rings. The van der Waals surface area contributed by atoms with Gasteiger partial charge in [-0.3, -0.25) is 0 Å². The van der Waals surface area contributed by atoms with Crippen LogP contribution in [0.1, 0.15) is 23.1 Å². The van der Waals surface area contributed by atoms with Crippen LogP contribution in [0.4, 0.5) is 11.4 Å². The van der Waals surface area contributed by atoms with Crippen LogP contribution in [-0.2, 0) is 0 Å². The molecular formula is C44H29N3O. The molecule has 48 heavy (non-hydrogen) atoms. The van der Waals surface area contributed by atoms with Gasteiger partial charge in [0, 0.05) is 62.2 Å². The Labute approximate surface area is 277 Å². The zero-order chi connectivity index (χ0) is 31.8.